The Morgan fingerprint density at radius 3 is 1.11 bits per heavy atom. The van der Waals surface area contributed by atoms with Crippen LogP contribution in [0.15, 0.2) is 110 Å². The second kappa shape index (κ2) is 25.2. The van der Waals surface area contributed by atoms with Gasteiger partial charge in [0.2, 0.25) is 0 Å². The van der Waals surface area contributed by atoms with Crippen LogP contribution in [0.3, 0.4) is 0 Å². The number of imidazole rings is 2. The van der Waals surface area contributed by atoms with Crippen LogP contribution in [-0.2, 0) is 32.8 Å². The molecule has 0 unspecified atom stereocenters. The zero-order chi connectivity index (χ0) is 28.7. The second-order valence-corrected chi connectivity index (χ2v) is 7.89. The zero-order valence-corrected chi connectivity index (χ0v) is 28.2. The molecular weight excluding hydrogens is 705 g/mol. The number of carboxylic acids is 2. The average molecular weight is 738 g/mol. The summed E-state index contributed by atoms with van der Waals surface area (Å²) in [6, 6.07) is 26.9. The van der Waals surface area contributed by atoms with Crippen LogP contribution >= 0.6 is 0 Å². The maximum atomic E-state index is 10.2. The van der Waals surface area contributed by atoms with E-state index in [0.717, 1.165) is 22.1 Å². The third-order valence-corrected chi connectivity index (χ3v) is 5.22. The zero-order valence-electron chi connectivity index (χ0n) is 24.2. The van der Waals surface area contributed by atoms with E-state index in [1.807, 2.05) is 48.5 Å². The molecule has 15 nitrogen and oxygen atoms in total. The van der Waals surface area contributed by atoms with Gasteiger partial charge in [0.05, 0.1) is 46.7 Å². The molecule has 0 saturated carbocycles. The molecule has 0 radical (unpaired) electrons. The summed E-state index contributed by atoms with van der Waals surface area (Å²) in [6.07, 6.45) is 4.70. The van der Waals surface area contributed by atoms with Gasteiger partial charge in [0.15, 0.2) is 0 Å². The molecule has 6 aromatic rings. The van der Waals surface area contributed by atoms with Gasteiger partial charge in [-0.25, -0.2) is 9.97 Å². The monoisotopic (exact) mass is 739 g/mol. The second-order valence-electron chi connectivity index (χ2n) is 7.89. The van der Waals surface area contributed by atoms with Crippen LogP contribution in [0.2, 0.25) is 0 Å². The first-order chi connectivity index (χ1) is 19.4. The molecule has 0 spiro atoms. The number of aromatic nitrogens is 4. The number of aromatic amines is 2. The van der Waals surface area contributed by atoms with Gasteiger partial charge in [-0.1, -0.05) is 72.8 Å². The first-order valence-electron chi connectivity index (χ1n) is 11.7. The van der Waals surface area contributed by atoms with Gasteiger partial charge in [-0.05, 0) is 35.4 Å². The topological polar surface area (TPSA) is 331 Å². The van der Waals surface area contributed by atoms with Gasteiger partial charge in [-0.3, -0.25) is 9.59 Å². The van der Waals surface area contributed by atoms with Crippen LogP contribution in [0.25, 0.3) is 22.1 Å². The molecule has 0 saturated heterocycles. The Morgan fingerprint density at radius 1 is 0.543 bits per heavy atom. The number of fused-ring (bicyclic) bond motifs is 2. The van der Waals surface area contributed by atoms with Crippen molar-refractivity contribution in [2.45, 2.75) is 0 Å². The summed E-state index contributed by atoms with van der Waals surface area (Å²) >= 11 is 0. The number of rotatable bonds is 4. The molecule has 0 bridgehead atoms. The molecular formula is C30H33CdN4O11+. The van der Waals surface area contributed by atoms with Gasteiger partial charge in [-0.2, -0.15) is 0 Å². The number of hydrogen-bond acceptors (Lipinski definition) is 8. The maximum absolute atomic E-state index is 10.2. The standard InChI is InChI=1S/2C8H6O3.2C7H6N2.Cd.5H2O/c2*9-5-6-1-3-7(4-2-6)8(10)11;2*1-2-4-7-6(3-1)8-5-9-7;;;;;;/h2*1-5H,(H,10,11);2*1-5H,(H,8,9);;5*1H2/q;;;;+2;;;;;/p-1. The van der Waals surface area contributed by atoms with E-state index in [9.17, 15) is 29.4 Å². The summed E-state index contributed by atoms with van der Waals surface area (Å²) in [7, 11) is 0. The SMILES string of the molecule is O.O.O.O.O=Cc1ccc(C(=O)[O-])cc1.O=Cc1ccc(C(=O)[O-])cc1.[Cd+2].[OH3+].c1ccc2[nH]cnc2c1.c1ccc2[nH]cnc2c1. The molecule has 46 heavy (non-hydrogen) atoms. The molecule has 4 aromatic carbocycles. The van der Waals surface area contributed by atoms with Crippen molar-refractivity contribution in [3.8, 4) is 0 Å². The van der Waals surface area contributed by atoms with Crippen molar-refractivity contribution < 1.29 is 84.1 Å². The molecule has 16 heteroatoms. The van der Waals surface area contributed by atoms with E-state index in [1.54, 1.807) is 12.7 Å². The molecule has 0 amide bonds. The molecule has 0 aliphatic rings. The summed E-state index contributed by atoms with van der Waals surface area (Å²) in [4.78, 5) is 54.8. The molecule has 6 rings (SSSR count). The molecule has 0 atom stereocenters. The van der Waals surface area contributed by atoms with Crippen molar-refractivity contribution in [2.24, 2.45) is 0 Å². The third-order valence-electron chi connectivity index (χ3n) is 5.22. The Morgan fingerprint density at radius 2 is 0.848 bits per heavy atom. The normalized spacial score (nSPS) is 8.35. The predicted molar refractivity (Wildman–Crippen MR) is 164 cm³/mol. The molecule has 2 aromatic heterocycles. The average Bonchev–Trinajstić information content (AvgIpc) is 3.68. The number of benzene rings is 4. The number of carbonyl (C=O) groups excluding carboxylic acids is 4. The largest absolute Gasteiger partial charge is 2.00 e. The van der Waals surface area contributed by atoms with Crippen LogP contribution in [0, 0.1) is 0 Å². The quantitative estimate of drug-likeness (QED) is 0.123. The number of carboxylic acid groups (broad SMARTS) is 2. The summed E-state index contributed by atoms with van der Waals surface area (Å²) in [5.74, 6) is -2.47. The summed E-state index contributed by atoms with van der Waals surface area (Å²) < 4.78 is 0. The summed E-state index contributed by atoms with van der Waals surface area (Å²) in [5, 5.41) is 20.4. The van der Waals surface area contributed by atoms with E-state index >= 15 is 0 Å². The number of aldehydes is 2. The Labute approximate surface area is 281 Å². The Kier molecular flexibility index (Phi) is 26.1. The van der Waals surface area contributed by atoms with Crippen LogP contribution < -0.4 is 10.2 Å². The van der Waals surface area contributed by atoms with Crippen LogP contribution in [0.1, 0.15) is 41.4 Å². The molecule has 0 fully saturated rings. The van der Waals surface area contributed by atoms with Gasteiger partial charge in [0.1, 0.15) is 12.6 Å². The smallest absolute Gasteiger partial charge is 0.545 e. The Hall–Kier alpha value is -5.18. The molecule has 13 N–H and O–H groups in total. The van der Waals surface area contributed by atoms with Gasteiger partial charge < -0.3 is 57.2 Å². The minimum absolute atomic E-state index is 0. The number of nitrogens with one attached hydrogen (secondary N) is 2. The molecule has 240 valence electrons. The van der Waals surface area contributed by atoms with E-state index in [2.05, 4.69) is 19.9 Å². The van der Waals surface area contributed by atoms with E-state index < -0.39 is 11.9 Å². The van der Waals surface area contributed by atoms with Crippen molar-refractivity contribution in [1.82, 2.24) is 19.9 Å². The van der Waals surface area contributed by atoms with Crippen molar-refractivity contribution in [1.29, 1.82) is 0 Å². The summed E-state index contributed by atoms with van der Waals surface area (Å²) in [5.41, 5.74) is 5.31. The van der Waals surface area contributed by atoms with Crippen molar-refractivity contribution >= 4 is 46.6 Å². The van der Waals surface area contributed by atoms with E-state index in [1.165, 1.54) is 48.5 Å². The number of aromatic carboxylic acids is 2. The molecule has 0 aliphatic carbocycles. The molecule has 0 aliphatic heterocycles. The molecule has 2 heterocycles. The van der Waals surface area contributed by atoms with Crippen LogP contribution in [-0.4, -0.2) is 66.4 Å². The number of H-pyrrole nitrogens is 2. The maximum Gasteiger partial charge on any atom is 2.00 e. The number of carbonyl (C=O) groups is 4. The van der Waals surface area contributed by atoms with E-state index in [4.69, 9.17) is 0 Å². The minimum Gasteiger partial charge on any atom is -0.545 e. The fourth-order valence-electron chi connectivity index (χ4n) is 3.15. The van der Waals surface area contributed by atoms with Gasteiger partial charge in [0, 0.05) is 11.1 Å². The van der Waals surface area contributed by atoms with Crippen molar-refractivity contribution in [3.63, 3.8) is 0 Å². The summed E-state index contributed by atoms with van der Waals surface area (Å²) in [6.45, 7) is 0. The predicted octanol–water partition coefficient (Wildman–Crippen LogP) is -1.37. The fraction of sp³-hybridized carbons (Fsp3) is 0. The van der Waals surface area contributed by atoms with Crippen LogP contribution in [0.5, 0.6) is 0 Å². The van der Waals surface area contributed by atoms with Gasteiger partial charge >= 0.3 is 27.3 Å². The van der Waals surface area contributed by atoms with Gasteiger partial charge in [0.25, 0.3) is 0 Å². The van der Waals surface area contributed by atoms with Crippen molar-refractivity contribution in [2.75, 3.05) is 0 Å². The van der Waals surface area contributed by atoms with E-state index in [0.29, 0.717) is 23.7 Å². The van der Waals surface area contributed by atoms with E-state index in [-0.39, 0.29) is 65.8 Å². The fourth-order valence-corrected chi connectivity index (χ4v) is 3.15. The van der Waals surface area contributed by atoms with Crippen LogP contribution in [0.4, 0.5) is 0 Å². The first kappa shape index (κ1) is 47.7. The Balaban J connectivity index is -0.000000246. The first-order valence-corrected chi connectivity index (χ1v) is 11.7. The Bertz CT molecular complexity index is 1520. The number of nitrogens with zero attached hydrogens (tertiary/aromatic N) is 2. The number of hydrogen-bond donors (Lipinski definition) is 2. The minimum atomic E-state index is -1.23. The third kappa shape index (κ3) is 15.0. The number of para-hydroxylation sites is 4. The van der Waals surface area contributed by atoms with Crippen molar-refractivity contribution in [3.05, 3.63) is 132 Å². The van der Waals surface area contributed by atoms with Gasteiger partial charge in [-0.15, -0.1) is 0 Å².